The van der Waals surface area contributed by atoms with Gasteiger partial charge in [-0.2, -0.15) is 0 Å². The highest BCUT2D eigenvalue weighted by Gasteiger charge is 2.28. The van der Waals surface area contributed by atoms with Crippen molar-refractivity contribution in [1.29, 1.82) is 0 Å². The molecule has 0 saturated carbocycles. The number of rotatable bonds is 8. The van der Waals surface area contributed by atoms with Crippen LogP contribution in [0.4, 0.5) is 0 Å². The number of piperidine rings is 1. The highest BCUT2D eigenvalue weighted by Crippen LogP contribution is 2.23. The Bertz CT molecular complexity index is 954. The number of carbonyl (C=O) groups is 3. The highest BCUT2D eigenvalue weighted by molar-refractivity contribution is 5.92. The maximum absolute atomic E-state index is 13.0. The fraction of sp³-hybridized carbons (Fsp3) is 0.435. The van der Waals surface area contributed by atoms with Crippen LogP contribution < -0.4 is 20.1 Å². The lowest BCUT2D eigenvalue weighted by atomic mass is 10.0. The number of hydrogen-bond donors (Lipinski definition) is 2. The van der Waals surface area contributed by atoms with Crippen molar-refractivity contribution < 1.29 is 23.9 Å². The first-order chi connectivity index (χ1) is 15.9. The second kappa shape index (κ2) is 11.3. The Kier molecular flexibility index (Phi) is 8.17. The Labute approximate surface area is 192 Å². The van der Waals surface area contributed by atoms with E-state index in [4.69, 9.17) is 9.47 Å². The first-order valence-electron chi connectivity index (χ1n) is 10.7. The number of nitrogens with zero attached hydrogens (tertiary/aromatic N) is 3. The quantitative estimate of drug-likeness (QED) is 0.608. The second-order valence-electron chi connectivity index (χ2n) is 7.84. The molecule has 0 aliphatic carbocycles. The molecule has 2 heterocycles. The molecule has 10 nitrogen and oxygen atoms in total. The summed E-state index contributed by atoms with van der Waals surface area (Å²) in [5.74, 6) is 0.467. The van der Waals surface area contributed by atoms with Crippen molar-refractivity contribution in [3.63, 3.8) is 0 Å². The maximum atomic E-state index is 13.0. The van der Waals surface area contributed by atoms with E-state index in [1.54, 1.807) is 37.3 Å². The van der Waals surface area contributed by atoms with Crippen LogP contribution in [0, 0.1) is 0 Å². The summed E-state index contributed by atoms with van der Waals surface area (Å²) >= 11 is 0. The van der Waals surface area contributed by atoms with Gasteiger partial charge in [0.05, 0.1) is 20.4 Å². The van der Waals surface area contributed by atoms with Gasteiger partial charge in [-0.15, -0.1) is 0 Å². The third-order valence-electron chi connectivity index (χ3n) is 5.46. The van der Waals surface area contributed by atoms with Gasteiger partial charge in [0.25, 0.3) is 5.91 Å². The number of carbonyl (C=O) groups excluding carboxylic acids is 3. The third-order valence-corrected chi connectivity index (χ3v) is 5.46. The smallest absolute Gasteiger partial charge is 0.274 e. The van der Waals surface area contributed by atoms with Crippen molar-refractivity contribution in [2.24, 2.45) is 0 Å². The van der Waals surface area contributed by atoms with Crippen LogP contribution in [0.2, 0.25) is 0 Å². The minimum atomic E-state index is -0.751. The summed E-state index contributed by atoms with van der Waals surface area (Å²) in [5, 5.41) is 5.75. The predicted molar refractivity (Wildman–Crippen MR) is 120 cm³/mol. The Morgan fingerprint density at radius 3 is 2.30 bits per heavy atom. The fourth-order valence-electron chi connectivity index (χ4n) is 3.77. The number of hydrogen-bond acceptors (Lipinski definition) is 7. The molecule has 1 saturated heterocycles. The number of ether oxygens (including phenoxy) is 2. The van der Waals surface area contributed by atoms with Crippen LogP contribution in [0.25, 0.3) is 0 Å². The summed E-state index contributed by atoms with van der Waals surface area (Å²) in [5.41, 5.74) is 1.10. The Balaban J connectivity index is 1.60. The standard InChI is InChI=1S/C23H29N5O5/c1-15(29)26-20(12-16-10-18(32-2)13-19(11-16)33-3)22(30)27-17-4-8-28(9-5-17)23(31)21-14-24-6-7-25-21/h6-7,10-11,13-14,17,20H,4-5,8-9,12H2,1-3H3,(H,26,29)(H,27,30)/t20-/m1/s1. The van der Waals surface area contributed by atoms with Crippen molar-refractivity contribution in [2.75, 3.05) is 27.3 Å². The van der Waals surface area contributed by atoms with Gasteiger partial charge in [-0.3, -0.25) is 19.4 Å². The molecule has 1 aromatic heterocycles. The van der Waals surface area contributed by atoms with Crippen molar-refractivity contribution in [2.45, 2.75) is 38.3 Å². The summed E-state index contributed by atoms with van der Waals surface area (Å²) in [7, 11) is 3.11. The molecule has 2 N–H and O–H groups in total. The number of amides is 3. The molecule has 3 amide bonds. The zero-order valence-corrected chi connectivity index (χ0v) is 19.0. The monoisotopic (exact) mass is 455 g/mol. The molecule has 0 bridgehead atoms. The van der Waals surface area contributed by atoms with E-state index in [0.29, 0.717) is 43.1 Å². The topological polar surface area (TPSA) is 123 Å². The number of methoxy groups -OCH3 is 2. The van der Waals surface area contributed by atoms with Crippen molar-refractivity contribution in [3.8, 4) is 11.5 Å². The fourth-order valence-corrected chi connectivity index (χ4v) is 3.77. The van der Waals surface area contributed by atoms with Crippen molar-refractivity contribution in [1.82, 2.24) is 25.5 Å². The maximum Gasteiger partial charge on any atom is 0.274 e. The molecule has 1 aliphatic heterocycles. The van der Waals surface area contributed by atoms with E-state index in [-0.39, 0.29) is 30.2 Å². The normalized spacial score (nSPS) is 14.8. The minimum Gasteiger partial charge on any atom is -0.497 e. The summed E-state index contributed by atoms with van der Waals surface area (Å²) in [4.78, 5) is 47.0. The molecule has 0 spiro atoms. The molecule has 176 valence electrons. The lowest BCUT2D eigenvalue weighted by Gasteiger charge is -2.33. The van der Waals surface area contributed by atoms with Gasteiger partial charge < -0.3 is 25.0 Å². The van der Waals surface area contributed by atoms with Gasteiger partial charge in [0.2, 0.25) is 11.8 Å². The van der Waals surface area contributed by atoms with E-state index in [1.807, 2.05) is 0 Å². The van der Waals surface area contributed by atoms with Gasteiger partial charge in [-0.25, -0.2) is 4.98 Å². The largest absolute Gasteiger partial charge is 0.497 e. The van der Waals surface area contributed by atoms with Gasteiger partial charge in [0.15, 0.2) is 0 Å². The Morgan fingerprint density at radius 1 is 1.09 bits per heavy atom. The average Bonchev–Trinajstić information content (AvgIpc) is 2.83. The first-order valence-corrected chi connectivity index (χ1v) is 10.7. The van der Waals surface area contributed by atoms with Gasteiger partial charge in [0.1, 0.15) is 23.2 Å². The van der Waals surface area contributed by atoms with Crippen LogP contribution in [0.3, 0.4) is 0 Å². The molecule has 33 heavy (non-hydrogen) atoms. The lowest BCUT2D eigenvalue weighted by molar-refractivity contribution is -0.128. The molecule has 10 heteroatoms. The molecule has 0 radical (unpaired) electrons. The zero-order valence-electron chi connectivity index (χ0n) is 19.0. The molecule has 1 fully saturated rings. The van der Waals surface area contributed by atoms with Crippen LogP contribution in [-0.4, -0.2) is 72.0 Å². The molecule has 3 rings (SSSR count). The third kappa shape index (κ3) is 6.64. The number of aromatic nitrogens is 2. The van der Waals surface area contributed by atoms with Gasteiger partial charge in [-0.05, 0) is 30.5 Å². The van der Waals surface area contributed by atoms with Crippen LogP contribution in [-0.2, 0) is 16.0 Å². The van der Waals surface area contributed by atoms with Crippen molar-refractivity contribution in [3.05, 3.63) is 48.0 Å². The van der Waals surface area contributed by atoms with Crippen LogP contribution in [0.1, 0.15) is 35.8 Å². The molecule has 0 unspecified atom stereocenters. The lowest BCUT2D eigenvalue weighted by Crippen LogP contribution is -2.53. The highest BCUT2D eigenvalue weighted by atomic mass is 16.5. The Morgan fingerprint density at radius 2 is 1.76 bits per heavy atom. The van der Waals surface area contributed by atoms with Crippen LogP contribution in [0.5, 0.6) is 11.5 Å². The number of benzene rings is 1. The van der Waals surface area contributed by atoms with E-state index >= 15 is 0 Å². The molecular formula is C23H29N5O5. The van der Waals surface area contributed by atoms with Crippen molar-refractivity contribution >= 4 is 17.7 Å². The second-order valence-corrected chi connectivity index (χ2v) is 7.84. The van der Waals surface area contributed by atoms with E-state index in [9.17, 15) is 14.4 Å². The summed E-state index contributed by atoms with van der Waals surface area (Å²) in [6.07, 6.45) is 5.95. The van der Waals surface area contributed by atoms with Gasteiger partial charge >= 0.3 is 0 Å². The molecule has 1 atom stereocenters. The molecule has 1 aromatic carbocycles. The summed E-state index contributed by atoms with van der Waals surface area (Å²) in [6, 6.07) is 4.51. The van der Waals surface area contributed by atoms with Gasteiger partial charge in [0, 0.05) is 50.9 Å². The average molecular weight is 456 g/mol. The molecular weight excluding hydrogens is 426 g/mol. The zero-order chi connectivity index (χ0) is 23.8. The van der Waals surface area contributed by atoms with Crippen LogP contribution in [0.15, 0.2) is 36.8 Å². The molecule has 2 aromatic rings. The van der Waals surface area contributed by atoms with E-state index in [1.165, 1.54) is 25.5 Å². The first kappa shape index (κ1) is 24.0. The summed E-state index contributed by atoms with van der Waals surface area (Å²) in [6.45, 7) is 2.37. The van der Waals surface area contributed by atoms with Gasteiger partial charge in [-0.1, -0.05) is 0 Å². The summed E-state index contributed by atoms with van der Waals surface area (Å²) < 4.78 is 10.6. The minimum absolute atomic E-state index is 0.0977. The number of likely N-dealkylation sites (tertiary alicyclic amines) is 1. The van der Waals surface area contributed by atoms with Crippen LogP contribution >= 0.6 is 0 Å². The van der Waals surface area contributed by atoms with E-state index in [2.05, 4.69) is 20.6 Å². The molecule has 1 aliphatic rings. The Hall–Kier alpha value is -3.69. The van der Waals surface area contributed by atoms with E-state index in [0.717, 1.165) is 5.56 Å². The predicted octanol–water partition coefficient (Wildman–Crippen LogP) is 0.962. The number of nitrogens with one attached hydrogen (secondary N) is 2. The van der Waals surface area contributed by atoms with E-state index < -0.39 is 6.04 Å². The SMILES string of the molecule is COc1cc(C[C@@H](NC(C)=O)C(=O)NC2CCN(C(=O)c3cnccn3)CC2)cc(OC)c1.